The Morgan fingerprint density at radius 1 is 1.43 bits per heavy atom. The lowest BCUT2D eigenvalue weighted by atomic mass is 10.1. The number of Topliss-reactive ketones (excluding diaryl/α,β-unsaturated/α-hetero) is 1. The number of rotatable bonds is 2. The number of halogens is 4. The van der Waals surface area contributed by atoms with Crippen LogP contribution in [0.15, 0.2) is 18.2 Å². The summed E-state index contributed by atoms with van der Waals surface area (Å²) in [7, 11) is 0. The average molecular weight is 239 g/mol. The zero-order chi connectivity index (χ0) is 10.9. The number of benzene rings is 1. The Balaban J connectivity index is 3.21. The summed E-state index contributed by atoms with van der Waals surface area (Å²) >= 11 is 10.3. The van der Waals surface area contributed by atoms with E-state index in [2.05, 4.69) is 11.6 Å². The third-order valence-electron chi connectivity index (χ3n) is 1.77. The lowest BCUT2D eigenvalue weighted by molar-refractivity contribution is 0.0535. The van der Waals surface area contributed by atoms with E-state index in [0.717, 1.165) is 0 Å². The molecule has 0 fully saturated rings. The van der Waals surface area contributed by atoms with Crippen LogP contribution in [-0.4, -0.2) is 11.2 Å². The van der Waals surface area contributed by atoms with Crippen LogP contribution < -0.4 is 0 Å². The minimum atomic E-state index is -3.88. The molecule has 0 aliphatic carbocycles. The molecule has 0 aliphatic heterocycles. The second-order valence-corrected chi connectivity index (χ2v) is 3.62. The molecule has 0 unspecified atom stereocenters. The van der Waals surface area contributed by atoms with E-state index in [9.17, 15) is 13.6 Å². The van der Waals surface area contributed by atoms with Crippen molar-refractivity contribution in [3.05, 3.63) is 34.3 Å². The van der Waals surface area contributed by atoms with E-state index in [4.69, 9.17) is 11.6 Å². The van der Waals surface area contributed by atoms with Crippen LogP contribution in [0.5, 0.6) is 0 Å². The van der Waals surface area contributed by atoms with Crippen molar-refractivity contribution < 1.29 is 13.6 Å². The van der Waals surface area contributed by atoms with Crippen LogP contribution in [0.25, 0.3) is 0 Å². The molecule has 0 aliphatic rings. The van der Waals surface area contributed by atoms with Gasteiger partial charge in [0.05, 0.1) is 0 Å². The first-order valence-corrected chi connectivity index (χ1v) is 4.46. The van der Waals surface area contributed by atoms with Crippen molar-refractivity contribution in [3.8, 4) is 0 Å². The highest BCUT2D eigenvalue weighted by Gasteiger charge is 2.37. The van der Waals surface area contributed by atoms with Gasteiger partial charge in [-0.25, -0.2) is 0 Å². The number of ketones is 1. The maximum absolute atomic E-state index is 12.5. The Morgan fingerprint density at radius 3 is 2.50 bits per heavy atom. The molecule has 1 aromatic carbocycles. The first kappa shape index (κ1) is 11.4. The SMILES string of the molecule is Cc1c(Cl)cccc1C(=O)C(F)(F)Cl. The number of hydrogen-bond donors (Lipinski definition) is 0. The van der Waals surface area contributed by atoms with Gasteiger partial charge in [-0.3, -0.25) is 4.79 Å². The molecule has 14 heavy (non-hydrogen) atoms. The summed E-state index contributed by atoms with van der Waals surface area (Å²) in [6.45, 7) is 1.48. The van der Waals surface area contributed by atoms with E-state index in [-0.39, 0.29) is 10.6 Å². The Kier molecular flexibility index (Phi) is 3.12. The summed E-state index contributed by atoms with van der Waals surface area (Å²) in [6.07, 6.45) is 0. The smallest absolute Gasteiger partial charge is 0.286 e. The van der Waals surface area contributed by atoms with Crippen molar-refractivity contribution in [1.82, 2.24) is 0 Å². The van der Waals surface area contributed by atoms with Crippen molar-refractivity contribution in [1.29, 1.82) is 0 Å². The van der Waals surface area contributed by atoms with Crippen molar-refractivity contribution in [2.45, 2.75) is 12.3 Å². The van der Waals surface area contributed by atoms with Crippen molar-refractivity contribution >= 4 is 29.0 Å². The second-order valence-electron chi connectivity index (χ2n) is 2.74. The summed E-state index contributed by atoms with van der Waals surface area (Å²) in [5.74, 6) is -1.43. The maximum Gasteiger partial charge on any atom is 0.384 e. The molecule has 5 heteroatoms. The highest BCUT2D eigenvalue weighted by molar-refractivity contribution is 6.36. The molecule has 1 nitrogen and oxygen atoms in total. The molecule has 76 valence electrons. The van der Waals surface area contributed by atoms with E-state index >= 15 is 0 Å². The van der Waals surface area contributed by atoms with Crippen LogP contribution in [0.2, 0.25) is 5.02 Å². The zero-order valence-corrected chi connectivity index (χ0v) is 8.66. The summed E-state index contributed by atoms with van der Waals surface area (Å²) < 4.78 is 25.0. The molecule has 0 bridgehead atoms. The Bertz CT molecular complexity index is 372. The van der Waals surface area contributed by atoms with E-state index < -0.39 is 11.2 Å². The quantitative estimate of drug-likeness (QED) is 0.568. The molecule has 1 aromatic rings. The van der Waals surface area contributed by atoms with Gasteiger partial charge in [0.1, 0.15) is 0 Å². The van der Waals surface area contributed by atoms with Gasteiger partial charge in [0.2, 0.25) is 5.78 Å². The normalized spacial score (nSPS) is 11.5. The maximum atomic E-state index is 12.5. The average Bonchev–Trinajstić information content (AvgIpc) is 2.07. The van der Waals surface area contributed by atoms with E-state index in [1.807, 2.05) is 0 Å². The van der Waals surface area contributed by atoms with Gasteiger partial charge in [-0.1, -0.05) is 23.7 Å². The third kappa shape index (κ3) is 2.22. The molecule has 0 atom stereocenters. The van der Waals surface area contributed by atoms with Crippen molar-refractivity contribution in [2.24, 2.45) is 0 Å². The number of carbonyl (C=O) groups is 1. The first-order valence-electron chi connectivity index (χ1n) is 3.70. The van der Waals surface area contributed by atoms with Gasteiger partial charge in [0, 0.05) is 10.6 Å². The Morgan fingerprint density at radius 2 is 2.00 bits per heavy atom. The predicted octanol–water partition coefficient (Wildman–Crippen LogP) is 3.66. The number of carbonyl (C=O) groups excluding carboxylic acids is 1. The monoisotopic (exact) mass is 238 g/mol. The molecule has 0 heterocycles. The topological polar surface area (TPSA) is 17.1 Å². The molecule has 0 aromatic heterocycles. The standard InChI is InChI=1S/C9H6Cl2F2O/c1-5-6(3-2-4-7(5)10)8(14)9(11,12)13/h2-4H,1H3. The van der Waals surface area contributed by atoms with Crippen LogP contribution in [0, 0.1) is 6.92 Å². The van der Waals surface area contributed by atoms with Crippen LogP contribution in [-0.2, 0) is 0 Å². The number of hydrogen-bond acceptors (Lipinski definition) is 1. The summed E-state index contributed by atoms with van der Waals surface area (Å²) in [5.41, 5.74) is 0.150. The van der Waals surface area contributed by atoms with Crippen LogP contribution in [0.4, 0.5) is 8.78 Å². The molecule has 0 saturated heterocycles. The molecular weight excluding hydrogens is 233 g/mol. The van der Waals surface area contributed by atoms with E-state index in [1.165, 1.54) is 25.1 Å². The summed E-state index contributed by atoms with van der Waals surface area (Å²) in [6, 6.07) is 4.20. The third-order valence-corrected chi connectivity index (χ3v) is 2.35. The highest BCUT2D eigenvalue weighted by atomic mass is 35.5. The highest BCUT2D eigenvalue weighted by Crippen LogP contribution is 2.28. The van der Waals surface area contributed by atoms with E-state index in [0.29, 0.717) is 5.56 Å². The fourth-order valence-electron chi connectivity index (χ4n) is 1.01. The lowest BCUT2D eigenvalue weighted by Crippen LogP contribution is -2.22. The molecule has 1 rings (SSSR count). The Labute approximate surface area is 89.6 Å². The van der Waals surface area contributed by atoms with Crippen LogP contribution >= 0.6 is 23.2 Å². The summed E-state index contributed by atoms with van der Waals surface area (Å²) in [4.78, 5) is 11.1. The first-order chi connectivity index (χ1) is 6.34. The van der Waals surface area contributed by atoms with Crippen LogP contribution in [0.3, 0.4) is 0 Å². The minimum absolute atomic E-state index is 0.155. The molecule has 0 radical (unpaired) electrons. The van der Waals surface area contributed by atoms with E-state index in [1.54, 1.807) is 0 Å². The fraction of sp³-hybridized carbons (Fsp3) is 0.222. The Hall–Kier alpha value is -0.670. The summed E-state index contributed by atoms with van der Waals surface area (Å²) in [5, 5.41) is -3.62. The van der Waals surface area contributed by atoms with Gasteiger partial charge in [0.15, 0.2) is 0 Å². The lowest BCUT2D eigenvalue weighted by Gasteiger charge is -2.09. The van der Waals surface area contributed by atoms with Gasteiger partial charge < -0.3 is 0 Å². The largest absolute Gasteiger partial charge is 0.384 e. The fourth-order valence-corrected chi connectivity index (χ4v) is 1.28. The van der Waals surface area contributed by atoms with Crippen LogP contribution in [0.1, 0.15) is 15.9 Å². The second kappa shape index (κ2) is 3.83. The minimum Gasteiger partial charge on any atom is -0.286 e. The van der Waals surface area contributed by atoms with Gasteiger partial charge in [-0.15, -0.1) is 0 Å². The molecule has 0 spiro atoms. The predicted molar refractivity (Wildman–Crippen MR) is 51.3 cm³/mol. The van der Waals surface area contributed by atoms with Crippen molar-refractivity contribution in [3.63, 3.8) is 0 Å². The molecule has 0 N–H and O–H groups in total. The van der Waals surface area contributed by atoms with Crippen molar-refractivity contribution in [2.75, 3.05) is 0 Å². The van der Waals surface area contributed by atoms with Gasteiger partial charge >= 0.3 is 5.38 Å². The molecule has 0 amide bonds. The van der Waals surface area contributed by atoms with Gasteiger partial charge in [0.25, 0.3) is 0 Å². The van der Waals surface area contributed by atoms with Gasteiger partial charge in [-0.2, -0.15) is 8.78 Å². The zero-order valence-electron chi connectivity index (χ0n) is 7.15. The van der Waals surface area contributed by atoms with Gasteiger partial charge in [-0.05, 0) is 30.2 Å². The molecule has 0 saturated carbocycles. The number of alkyl halides is 3. The molecular formula is C9H6Cl2F2O.